The van der Waals surface area contributed by atoms with E-state index in [1.165, 1.54) is 0 Å². The second kappa shape index (κ2) is 4.65. The van der Waals surface area contributed by atoms with E-state index in [1.54, 1.807) is 0 Å². The van der Waals surface area contributed by atoms with Gasteiger partial charge in [-0.3, -0.25) is 0 Å². The van der Waals surface area contributed by atoms with Gasteiger partial charge in [0.2, 0.25) is 0 Å². The summed E-state index contributed by atoms with van der Waals surface area (Å²) in [5.41, 5.74) is 0.621. The molecule has 0 bridgehead atoms. The maximum atomic E-state index is 2.48. The van der Waals surface area contributed by atoms with Crippen LogP contribution in [0.15, 0.2) is 48.6 Å². The van der Waals surface area contributed by atoms with Gasteiger partial charge in [0.05, 0.1) is 0 Å². The molecule has 0 saturated carbocycles. The van der Waals surface area contributed by atoms with Crippen molar-refractivity contribution in [3.05, 3.63) is 48.6 Å². The third-order valence-electron chi connectivity index (χ3n) is 4.55. The summed E-state index contributed by atoms with van der Waals surface area (Å²) in [5.74, 6) is 0. The molecule has 102 valence electrons. The van der Waals surface area contributed by atoms with Crippen LogP contribution in [-0.2, 0) is 0 Å². The van der Waals surface area contributed by atoms with Crippen molar-refractivity contribution in [3.63, 3.8) is 0 Å². The number of allylic oxidation sites excluding steroid dienone is 8. The maximum absolute atomic E-state index is 2.48. The molecule has 0 saturated heterocycles. The molecular formula is C18H26Sn. The molecule has 0 aliphatic heterocycles. The van der Waals surface area contributed by atoms with Crippen molar-refractivity contribution < 1.29 is 0 Å². The zero-order valence-corrected chi connectivity index (χ0v) is 16.0. The van der Waals surface area contributed by atoms with Crippen LogP contribution in [0, 0.1) is 10.8 Å². The third kappa shape index (κ3) is 2.53. The minimum atomic E-state index is -0.752. The molecule has 0 amide bonds. The van der Waals surface area contributed by atoms with Gasteiger partial charge >= 0.3 is 129 Å². The minimum absolute atomic E-state index is 0.311. The predicted molar refractivity (Wildman–Crippen MR) is 86.6 cm³/mol. The molecular weight excluding hydrogens is 335 g/mol. The van der Waals surface area contributed by atoms with Crippen molar-refractivity contribution in [2.45, 2.75) is 48.4 Å². The Morgan fingerprint density at radius 1 is 0.579 bits per heavy atom. The van der Waals surface area contributed by atoms with Crippen LogP contribution >= 0.6 is 0 Å². The molecule has 0 spiro atoms. The molecule has 0 atom stereocenters. The van der Waals surface area contributed by atoms with E-state index >= 15 is 0 Å². The van der Waals surface area contributed by atoms with Crippen LogP contribution in [0.1, 0.15) is 41.5 Å². The Morgan fingerprint density at radius 3 is 1.05 bits per heavy atom. The quantitative estimate of drug-likeness (QED) is 0.582. The van der Waals surface area contributed by atoms with Crippen LogP contribution in [-0.4, -0.2) is 21.1 Å². The van der Waals surface area contributed by atoms with Gasteiger partial charge in [0.1, 0.15) is 0 Å². The molecule has 0 N–H and O–H groups in total. The van der Waals surface area contributed by atoms with Gasteiger partial charge in [0.25, 0.3) is 0 Å². The van der Waals surface area contributed by atoms with E-state index in [2.05, 4.69) is 90.2 Å². The van der Waals surface area contributed by atoms with Gasteiger partial charge in [-0.05, 0) is 0 Å². The summed E-state index contributed by atoms with van der Waals surface area (Å²) in [4.78, 5) is 0. The van der Waals surface area contributed by atoms with Crippen LogP contribution in [0.5, 0.6) is 0 Å². The van der Waals surface area contributed by atoms with Crippen LogP contribution in [0.25, 0.3) is 0 Å². The number of hydrogen-bond acceptors (Lipinski definition) is 0. The van der Waals surface area contributed by atoms with Crippen molar-refractivity contribution in [1.29, 1.82) is 0 Å². The summed E-state index contributed by atoms with van der Waals surface area (Å²) in [5, 5.41) is 0. The second-order valence-corrected chi connectivity index (χ2v) is 13.2. The summed E-state index contributed by atoms with van der Waals surface area (Å²) in [6.45, 7) is 14.4. The summed E-state index contributed by atoms with van der Waals surface area (Å²) < 4.78 is 0.644. The Morgan fingerprint density at radius 2 is 0.842 bits per heavy atom. The fourth-order valence-corrected chi connectivity index (χ4v) is 8.97. The molecule has 0 aromatic heterocycles. The van der Waals surface area contributed by atoms with E-state index in [4.69, 9.17) is 0 Å². The first-order chi connectivity index (χ1) is 8.62. The van der Waals surface area contributed by atoms with Crippen molar-refractivity contribution in [1.82, 2.24) is 0 Å². The first-order valence-electron chi connectivity index (χ1n) is 7.15. The number of hydrogen-bond donors (Lipinski definition) is 0. The SMILES string of the molecule is CC(C)(C)[C]1([Sn][C]2(C(C)(C)C)C=CC=C2)C=CC=C1. The van der Waals surface area contributed by atoms with E-state index in [1.807, 2.05) is 0 Å². The van der Waals surface area contributed by atoms with Gasteiger partial charge < -0.3 is 0 Å². The molecule has 0 aromatic rings. The Labute approximate surface area is 129 Å². The van der Waals surface area contributed by atoms with Crippen LogP contribution < -0.4 is 0 Å². The Kier molecular flexibility index (Phi) is 3.71. The van der Waals surface area contributed by atoms with E-state index < -0.39 is 21.1 Å². The van der Waals surface area contributed by atoms with Gasteiger partial charge in [0.15, 0.2) is 0 Å². The van der Waals surface area contributed by atoms with Gasteiger partial charge in [0, 0.05) is 0 Å². The van der Waals surface area contributed by atoms with Crippen molar-refractivity contribution in [2.24, 2.45) is 10.8 Å². The standard InChI is InChI=1S/2C9H13.Sn/c2*1-9(2,3)8-6-4-5-7-8;/h2*4-7H,1-3H3;. The number of rotatable bonds is 2. The molecule has 2 radical (unpaired) electrons. The zero-order chi connectivity index (χ0) is 14.4. The van der Waals surface area contributed by atoms with Crippen LogP contribution in [0.4, 0.5) is 0 Å². The second-order valence-electron chi connectivity index (χ2n) is 7.80. The summed E-state index contributed by atoms with van der Waals surface area (Å²) in [7, 11) is 0. The Hall–Kier alpha value is -0.241. The van der Waals surface area contributed by atoms with Gasteiger partial charge in [-0.15, -0.1) is 0 Å². The molecule has 19 heavy (non-hydrogen) atoms. The van der Waals surface area contributed by atoms with Crippen molar-refractivity contribution in [3.8, 4) is 0 Å². The van der Waals surface area contributed by atoms with Gasteiger partial charge in [-0.25, -0.2) is 0 Å². The third-order valence-corrected chi connectivity index (χ3v) is 13.1. The van der Waals surface area contributed by atoms with Crippen molar-refractivity contribution in [2.75, 3.05) is 0 Å². The van der Waals surface area contributed by atoms with E-state index in [9.17, 15) is 0 Å². The average Bonchev–Trinajstić information content (AvgIpc) is 2.86. The normalized spacial score (nSPS) is 23.5. The molecule has 2 aliphatic carbocycles. The molecule has 2 aliphatic rings. The summed E-state index contributed by atoms with van der Waals surface area (Å²) in [6.07, 6.45) is 18.9. The zero-order valence-electron chi connectivity index (χ0n) is 13.1. The fourth-order valence-electron chi connectivity index (χ4n) is 2.82. The summed E-state index contributed by atoms with van der Waals surface area (Å²) in [6, 6.07) is 0. The molecule has 2 rings (SSSR count). The Balaban J connectivity index is 2.43. The summed E-state index contributed by atoms with van der Waals surface area (Å²) >= 11 is -0.752. The van der Waals surface area contributed by atoms with E-state index in [0.717, 1.165) is 0 Å². The van der Waals surface area contributed by atoms with E-state index in [-0.39, 0.29) is 0 Å². The first-order valence-corrected chi connectivity index (χ1v) is 10.0. The predicted octanol–water partition coefficient (Wildman–Crippen LogP) is 5.35. The molecule has 0 aromatic carbocycles. The first kappa shape index (κ1) is 15.2. The Bertz CT molecular complexity index is 393. The van der Waals surface area contributed by atoms with E-state index in [0.29, 0.717) is 17.7 Å². The van der Waals surface area contributed by atoms with Crippen LogP contribution in [0.3, 0.4) is 0 Å². The molecule has 1 heteroatoms. The average molecular weight is 361 g/mol. The topological polar surface area (TPSA) is 0 Å². The molecule has 0 nitrogen and oxygen atoms in total. The van der Waals surface area contributed by atoms with Crippen molar-refractivity contribution >= 4 is 21.1 Å². The monoisotopic (exact) mass is 362 g/mol. The fraction of sp³-hybridized carbons (Fsp3) is 0.556. The molecule has 0 heterocycles. The van der Waals surface area contributed by atoms with Crippen LogP contribution in [0.2, 0.25) is 6.86 Å². The molecule has 0 fully saturated rings. The van der Waals surface area contributed by atoms with Gasteiger partial charge in [-0.2, -0.15) is 0 Å². The van der Waals surface area contributed by atoms with Gasteiger partial charge in [-0.1, -0.05) is 0 Å². The molecule has 0 unspecified atom stereocenters.